The van der Waals surface area contributed by atoms with Crippen molar-refractivity contribution in [2.45, 2.75) is 17.7 Å². The van der Waals surface area contributed by atoms with Gasteiger partial charge in [-0.15, -0.1) is 16.9 Å². The lowest BCUT2D eigenvalue weighted by molar-refractivity contribution is -0.138. The smallest absolute Gasteiger partial charge is 0.196 e. The number of para-hydroxylation sites is 1. The topological polar surface area (TPSA) is 43.6 Å². The minimum absolute atomic E-state index is 0.233. The first kappa shape index (κ1) is 16.5. The molecule has 3 rings (SSSR count). The van der Waals surface area contributed by atoms with Gasteiger partial charge in [0, 0.05) is 5.75 Å². The van der Waals surface area contributed by atoms with Crippen LogP contribution < -0.4 is 0 Å². The lowest BCUT2D eigenvalue weighted by atomic mass is 10.1. The van der Waals surface area contributed by atoms with Crippen molar-refractivity contribution in [2.24, 2.45) is 0 Å². The summed E-state index contributed by atoms with van der Waals surface area (Å²) in [6, 6.07) is 15.0. The zero-order chi connectivity index (χ0) is 17.0. The van der Waals surface area contributed by atoms with Gasteiger partial charge < -0.3 is 0 Å². The highest BCUT2D eigenvalue weighted by atomic mass is 32.2. The first-order chi connectivity index (χ1) is 11.6. The van der Waals surface area contributed by atoms with E-state index in [1.807, 2.05) is 30.3 Å². The van der Waals surface area contributed by atoms with Crippen LogP contribution >= 0.6 is 11.8 Å². The second kappa shape index (κ2) is 7.04. The van der Waals surface area contributed by atoms with Gasteiger partial charge in [-0.1, -0.05) is 36.4 Å². The zero-order valence-corrected chi connectivity index (χ0v) is 13.3. The van der Waals surface area contributed by atoms with Crippen molar-refractivity contribution < 1.29 is 13.2 Å². The van der Waals surface area contributed by atoms with Crippen LogP contribution in [0.15, 0.2) is 54.6 Å². The Morgan fingerprint density at radius 2 is 1.62 bits per heavy atom. The van der Waals surface area contributed by atoms with Crippen LogP contribution in [0.5, 0.6) is 0 Å². The van der Waals surface area contributed by atoms with Crippen molar-refractivity contribution in [3.8, 4) is 5.69 Å². The summed E-state index contributed by atoms with van der Waals surface area (Å²) < 4.78 is 40.6. The monoisotopic (exact) mass is 350 g/mol. The second-order valence-corrected chi connectivity index (χ2v) is 5.98. The fourth-order valence-corrected chi connectivity index (χ4v) is 3.18. The summed E-state index contributed by atoms with van der Waals surface area (Å²) in [6.07, 6.45) is -4.34. The summed E-state index contributed by atoms with van der Waals surface area (Å²) in [5.41, 5.74) is 0.475. The van der Waals surface area contributed by atoms with Crippen molar-refractivity contribution in [2.75, 3.05) is 0 Å². The lowest BCUT2D eigenvalue weighted by Gasteiger charge is -2.12. The van der Waals surface area contributed by atoms with E-state index in [1.165, 1.54) is 23.9 Å². The average molecular weight is 350 g/mol. The normalized spacial score (nSPS) is 11.6. The predicted octanol–water partition coefficient (Wildman–Crippen LogP) is 4.11. The molecule has 0 radical (unpaired) electrons. The highest BCUT2D eigenvalue weighted by Gasteiger charge is 2.32. The van der Waals surface area contributed by atoms with E-state index >= 15 is 0 Å². The number of hydrogen-bond acceptors (Lipinski definition) is 4. The van der Waals surface area contributed by atoms with E-state index in [2.05, 4.69) is 15.5 Å². The predicted molar refractivity (Wildman–Crippen MR) is 85.6 cm³/mol. The number of halogens is 3. The Morgan fingerprint density at radius 3 is 2.38 bits per heavy atom. The van der Waals surface area contributed by atoms with Gasteiger partial charge in [-0.05, 0) is 34.2 Å². The molecule has 0 aliphatic carbocycles. The molecule has 4 nitrogen and oxygen atoms in total. The Morgan fingerprint density at radius 1 is 0.917 bits per heavy atom. The van der Waals surface area contributed by atoms with E-state index in [-0.39, 0.29) is 11.3 Å². The largest absolute Gasteiger partial charge is 0.416 e. The van der Waals surface area contributed by atoms with Crippen LogP contribution in [0.4, 0.5) is 13.2 Å². The second-order valence-electron chi connectivity index (χ2n) is 4.99. The Kier molecular flexibility index (Phi) is 4.84. The number of thioether (sulfide) groups is 1. The summed E-state index contributed by atoms with van der Waals surface area (Å²) in [5.74, 6) is 1.24. The van der Waals surface area contributed by atoms with Crippen molar-refractivity contribution >= 4 is 11.8 Å². The molecule has 0 amide bonds. The van der Waals surface area contributed by atoms with Crippen LogP contribution in [-0.4, -0.2) is 20.2 Å². The van der Waals surface area contributed by atoms with Gasteiger partial charge >= 0.3 is 6.18 Å². The van der Waals surface area contributed by atoms with Crippen LogP contribution in [-0.2, 0) is 17.7 Å². The summed E-state index contributed by atoms with van der Waals surface area (Å²) in [6.45, 7) is 0. The first-order valence-corrected chi connectivity index (χ1v) is 8.26. The van der Waals surface area contributed by atoms with Crippen LogP contribution in [0.3, 0.4) is 0 Å². The number of nitrogens with zero attached hydrogens (tertiary/aromatic N) is 4. The van der Waals surface area contributed by atoms with Crippen molar-refractivity contribution in [1.29, 1.82) is 0 Å². The Bertz CT molecular complexity index is 802. The van der Waals surface area contributed by atoms with Gasteiger partial charge in [0.2, 0.25) is 0 Å². The molecule has 0 N–H and O–H groups in total. The fourth-order valence-electron chi connectivity index (χ4n) is 2.24. The van der Waals surface area contributed by atoms with Crippen LogP contribution in [0.1, 0.15) is 17.0 Å². The van der Waals surface area contributed by atoms with Crippen LogP contribution in [0.25, 0.3) is 5.69 Å². The third-order valence-electron chi connectivity index (χ3n) is 3.35. The van der Waals surface area contributed by atoms with Gasteiger partial charge in [-0.25, -0.2) is 0 Å². The van der Waals surface area contributed by atoms with Gasteiger partial charge in [0.1, 0.15) is 0 Å². The fraction of sp³-hybridized carbons (Fsp3) is 0.188. The molecule has 124 valence electrons. The van der Waals surface area contributed by atoms with E-state index in [1.54, 1.807) is 10.7 Å². The summed E-state index contributed by atoms with van der Waals surface area (Å²) in [7, 11) is 0. The molecule has 3 aromatic rings. The van der Waals surface area contributed by atoms with Crippen LogP contribution in [0, 0.1) is 0 Å². The van der Waals surface area contributed by atoms with Crippen molar-refractivity contribution in [3.05, 3.63) is 71.5 Å². The molecular formula is C16H13F3N4S. The van der Waals surface area contributed by atoms with Crippen molar-refractivity contribution in [3.63, 3.8) is 0 Å². The van der Waals surface area contributed by atoms with Crippen molar-refractivity contribution in [1.82, 2.24) is 20.2 Å². The maximum atomic E-state index is 13.0. The molecule has 2 aromatic carbocycles. The molecule has 1 heterocycles. The van der Waals surface area contributed by atoms with E-state index in [0.717, 1.165) is 11.8 Å². The Labute approximate surface area is 140 Å². The number of benzene rings is 2. The van der Waals surface area contributed by atoms with E-state index in [4.69, 9.17) is 0 Å². The third kappa shape index (κ3) is 3.76. The molecule has 0 aliphatic rings. The van der Waals surface area contributed by atoms with E-state index < -0.39 is 11.7 Å². The number of rotatable bonds is 5. The van der Waals surface area contributed by atoms with E-state index in [9.17, 15) is 13.2 Å². The van der Waals surface area contributed by atoms with E-state index in [0.29, 0.717) is 11.6 Å². The number of aromatic nitrogens is 4. The van der Waals surface area contributed by atoms with Crippen LogP contribution in [0.2, 0.25) is 0 Å². The summed E-state index contributed by atoms with van der Waals surface area (Å²) in [4.78, 5) is 0. The number of tetrazole rings is 1. The molecule has 0 atom stereocenters. The van der Waals surface area contributed by atoms with Gasteiger partial charge in [-0.3, -0.25) is 0 Å². The van der Waals surface area contributed by atoms with Gasteiger partial charge in [0.25, 0.3) is 0 Å². The summed E-state index contributed by atoms with van der Waals surface area (Å²) in [5, 5.41) is 11.5. The molecule has 0 aliphatic heterocycles. The van der Waals surface area contributed by atoms with Gasteiger partial charge in [-0.2, -0.15) is 17.9 Å². The maximum Gasteiger partial charge on any atom is 0.416 e. The molecule has 0 bridgehead atoms. The lowest BCUT2D eigenvalue weighted by Crippen LogP contribution is -2.08. The minimum Gasteiger partial charge on any atom is -0.196 e. The quantitative estimate of drug-likeness (QED) is 0.694. The average Bonchev–Trinajstić information content (AvgIpc) is 3.04. The molecule has 8 heteroatoms. The number of hydrogen-bond donors (Lipinski definition) is 0. The summed E-state index contributed by atoms with van der Waals surface area (Å²) >= 11 is 1.34. The maximum absolute atomic E-state index is 13.0. The molecule has 0 saturated carbocycles. The van der Waals surface area contributed by atoms with Gasteiger partial charge in [0.15, 0.2) is 5.82 Å². The molecule has 0 saturated heterocycles. The molecular weight excluding hydrogens is 337 g/mol. The third-order valence-corrected chi connectivity index (χ3v) is 4.32. The highest BCUT2D eigenvalue weighted by molar-refractivity contribution is 7.97. The Hall–Kier alpha value is -2.35. The molecule has 1 aromatic heterocycles. The number of alkyl halides is 3. The molecule has 0 unspecified atom stereocenters. The molecule has 0 fully saturated rings. The standard InChI is InChI=1S/C16H13F3N4S/c17-16(18,19)14-9-5-4-6-12(14)10-24-11-15-20-21-22-23(15)13-7-2-1-3-8-13/h1-9H,10-11H2. The molecule has 24 heavy (non-hydrogen) atoms. The van der Waals surface area contributed by atoms with Gasteiger partial charge in [0.05, 0.1) is 17.0 Å². The highest BCUT2D eigenvalue weighted by Crippen LogP contribution is 2.33. The Balaban J connectivity index is 1.70. The SMILES string of the molecule is FC(F)(F)c1ccccc1CSCc1nnnn1-c1ccccc1. The zero-order valence-electron chi connectivity index (χ0n) is 12.4. The molecule has 0 spiro atoms. The minimum atomic E-state index is -4.34. The first-order valence-electron chi connectivity index (χ1n) is 7.11.